The maximum atomic E-state index is 12.8. The number of ether oxygens (including phenoxy) is 1. The van der Waals surface area contributed by atoms with Gasteiger partial charge in [0.05, 0.1) is 13.7 Å². The van der Waals surface area contributed by atoms with Crippen LogP contribution in [0.4, 0.5) is 13.2 Å². The molecule has 1 aromatic carbocycles. The highest BCUT2D eigenvalue weighted by Crippen LogP contribution is 2.41. The number of thiophene rings is 1. The fourth-order valence-corrected chi connectivity index (χ4v) is 5.43. The van der Waals surface area contributed by atoms with Gasteiger partial charge in [-0.15, -0.1) is 11.3 Å². The predicted octanol–water partition coefficient (Wildman–Crippen LogP) is 2.70. The van der Waals surface area contributed by atoms with Crippen molar-refractivity contribution in [2.45, 2.75) is 44.1 Å². The zero-order valence-electron chi connectivity index (χ0n) is 19.9. The minimum Gasteiger partial charge on any atom is -0.497 e. The molecule has 9 nitrogen and oxygen atoms in total. The van der Waals surface area contributed by atoms with Gasteiger partial charge in [0.25, 0.3) is 0 Å². The lowest BCUT2D eigenvalue weighted by atomic mass is 9.85. The largest absolute Gasteiger partial charge is 0.497 e. The summed E-state index contributed by atoms with van der Waals surface area (Å²) in [6.45, 7) is 3.54. The van der Waals surface area contributed by atoms with Gasteiger partial charge < -0.3 is 9.84 Å². The minimum atomic E-state index is -5.08. The van der Waals surface area contributed by atoms with Crippen molar-refractivity contribution in [2.24, 2.45) is 0 Å². The molecule has 1 N–H and O–H groups in total. The van der Waals surface area contributed by atoms with E-state index in [1.54, 1.807) is 23.0 Å². The van der Waals surface area contributed by atoms with Crippen LogP contribution in [0.2, 0.25) is 0 Å². The highest BCUT2D eigenvalue weighted by molar-refractivity contribution is 7.09. The monoisotopic (exact) mass is 538 g/mol. The number of aromatic nitrogens is 3. The number of alkyl halides is 3. The summed E-state index contributed by atoms with van der Waals surface area (Å²) in [4.78, 5) is 37.7. The van der Waals surface area contributed by atoms with Crippen LogP contribution in [0.25, 0.3) is 0 Å². The van der Waals surface area contributed by atoms with Crippen molar-refractivity contribution in [2.75, 3.05) is 20.2 Å². The summed E-state index contributed by atoms with van der Waals surface area (Å²) in [5.74, 6) is -1.12. The van der Waals surface area contributed by atoms with Crippen LogP contribution >= 0.6 is 11.3 Å². The molecule has 4 heterocycles. The highest BCUT2D eigenvalue weighted by Gasteiger charge is 2.47. The first-order valence-corrected chi connectivity index (χ1v) is 12.3. The molecule has 0 radical (unpaired) electrons. The number of aliphatic carboxylic acids is 1. The number of fused-ring (bicyclic) bond motifs is 2. The first-order chi connectivity index (χ1) is 17.5. The Labute approximate surface area is 213 Å². The highest BCUT2D eigenvalue weighted by atomic mass is 32.1. The van der Waals surface area contributed by atoms with Crippen LogP contribution < -0.4 is 15.9 Å². The Hall–Kier alpha value is -3.45. The molecular weight excluding hydrogens is 513 g/mol. The van der Waals surface area contributed by atoms with Gasteiger partial charge in [0.15, 0.2) is 0 Å². The number of benzene rings is 1. The fraction of sp³-hybridized carbons (Fsp3) is 0.417. The van der Waals surface area contributed by atoms with Crippen molar-refractivity contribution in [1.82, 2.24) is 19.2 Å². The van der Waals surface area contributed by atoms with E-state index in [-0.39, 0.29) is 5.41 Å². The molecule has 0 amide bonds. The van der Waals surface area contributed by atoms with Crippen molar-refractivity contribution in [3.8, 4) is 5.75 Å². The van der Waals surface area contributed by atoms with Crippen LogP contribution in [0.5, 0.6) is 5.75 Å². The fourth-order valence-electron chi connectivity index (χ4n) is 4.74. The summed E-state index contributed by atoms with van der Waals surface area (Å²) in [6, 6.07) is 12.0. The molecule has 37 heavy (non-hydrogen) atoms. The third-order valence-electron chi connectivity index (χ3n) is 6.52. The third-order valence-corrected chi connectivity index (χ3v) is 7.38. The van der Waals surface area contributed by atoms with Gasteiger partial charge in [-0.1, -0.05) is 18.2 Å². The molecule has 3 aromatic rings. The first-order valence-electron chi connectivity index (χ1n) is 11.4. The first kappa shape index (κ1) is 26.6. The molecule has 1 spiro atoms. The van der Waals surface area contributed by atoms with E-state index >= 15 is 0 Å². The number of likely N-dealkylation sites (tertiary alicyclic amines) is 1. The molecule has 0 aliphatic carbocycles. The number of hydrogen-bond donors (Lipinski definition) is 1. The Balaban J connectivity index is 0.000000405. The molecule has 1 unspecified atom stereocenters. The Bertz CT molecular complexity index is 1390. The van der Waals surface area contributed by atoms with Crippen LogP contribution in [0.3, 0.4) is 0 Å². The molecule has 0 saturated carbocycles. The van der Waals surface area contributed by atoms with Crippen LogP contribution in [0.15, 0.2) is 51.4 Å². The molecule has 13 heteroatoms. The molecular formula is C24H25F3N4O5S. The topological polar surface area (TPSA) is 107 Å². The summed E-state index contributed by atoms with van der Waals surface area (Å²) in [5.41, 5.74) is 0.0654. The van der Waals surface area contributed by atoms with Gasteiger partial charge in [-0.05, 0) is 48.5 Å². The molecule has 1 atom stereocenters. The molecule has 1 fully saturated rings. The maximum Gasteiger partial charge on any atom is 0.490 e. The molecule has 198 valence electrons. The molecule has 2 aliphatic rings. The van der Waals surface area contributed by atoms with Crippen LogP contribution in [-0.4, -0.2) is 56.7 Å². The second-order valence-electron chi connectivity index (χ2n) is 8.97. The Kier molecular flexibility index (Phi) is 7.55. The average molecular weight is 539 g/mol. The minimum absolute atomic E-state index is 0.164. The molecule has 0 bridgehead atoms. The molecule has 2 aromatic heterocycles. The zero-order valence-corrected chi connectivity index (χ0v) is 20.7. The van der Waals surface area contributed by atoms with Gasteiger partial charge in [0.2, 0.25) is 0 Å². The number of hydrogen-bond acceptors (Lipinski definition) is 7. The molecule has 5 rings (SSSR count). The number of nitrogens with zero attached hydrogens (tertiary/aromatic N) is 4. The summed E-state index contributed by atoms with van der Waals surface area (Å²) >= 11 is 1.57. The van der Waals surface area contributed by atoms with Crippen molar-refractivity contribution < 1.29 is 27.8 Å². The predicted molar refractivity (Wildman–Crippen MR) is 129 cm³/mol. The van der Waals surface area contributed by atoms with Crippen LogP contribution in [0, 0.1) is 0 Å². The van der Waals surface area contributed by atoms with Crippen molar-refractivity contribution in [3.63, 3.8) is 0 Å². The quantitative estimate of drug-likeness (QED) is 0.498. The van der Waals surface area contributed by atoms with Gasteiger partial charge in [0.1, 0.15) is 11.6 Å². The van der Waals surface area contributed by atoms with Crippen molar-refractivity contribution >= 4 is 17.3 Å². The summed E-state index contributed by atoms with van der Waals surface area (Å²) in [5, 5.41) is 13.8. The average Bonchev–Trinajstić information content (AvgIpc) is 3.59. The van der Waals surface area contributed by atoms with Crippen molar-refractivity contribution in [1.29, 1.82) is 0 Å². The zero-order chi connectivity index (χ0) is 26.8. The Morgan fingerprint density at radius 1 is 1.14 bits per heavy atom. The molecule has 2 aliphatic heterocycles. The third kappa shape index (κ3) is 5.77. The second-order valence-corrected chi connectivity index (χ2v) is 10.0. The van der Waals surface area contributed by atoms with Crippen LogP contribution in [-0.2, 0) is 29.8 Å². The normalized spacial score (nSPS) is 18.9. The van der Waals surface area contributed by atoms with E-state index in [1.165, 1.54) is 10.2 Å². The number of carboxylic acids is 1. The lowest BCUT2D eigenvalue weighted by molar-refractivity contribution is -0.192. The van der Waals surface area contributed by atoms with Crippen molar-refractivity contribution in [3.05, 3.63) is 78.8 Å². The Morgan fingerprint density at radius 3 is 2.51 bits per heavy atom. The number of methoxy groups -OCH3 is 1. The summed E-state index contributed by atoms with van der Waals surface area (Å²) in [7, 11) is 1.68. The van der Waals surface area contributed by atoms with E-state index in [9.17, 15) is 22.8 Å². The van der Waals surface area contributed by atoms with E-state index < -0.39 is 23.3 Å². The standard InChI is InChI=1S/C22H24N4O3S.C2HF3O2/c1-29-17-5-2-4-16(12-17)13-24-9-7-22(15-24)8-10-25-19(27)20(28)26(23-21(22)25)14-18-6-3-11-30-18;3-2(4,5)1(6)7/h2-6,11-12H,7-10,13-15H2,1H3;(H,6,7). The van der Waals surface area contributed by atoms with Gasteiger partial charge >= 0.3 is 23.3 Å². The second kappa shape index (κ2) is 10.5. The van der Waals surface area contributed by atoms with E-state index in [2.05, 4.69) is 17.0 Å². The summed E-state index contributed by atoms with van der Waals surface area (Å²) in [6.07, 6.45) is -3.28. The molecule has 1 saturated heterocycles. The smallest absolute Gasteiger partial charge is 0.490 e. The van der Waals surface area contributed by atoms with E-state index in [0.717, 1.165) is 48.9 Å². The lowest BCUT2D eigenvalue weighted by Gasteiger charge is -2.24. The van der Waals surface area contributed by atoms with Gasteiger partial charge in [-0.2, -0.15) is 18.3 Å². The SMILES string of the molecule is COc1cccc(CN2CCC3(CCn4c3nn(Cc3cccs3)c(=O)c4=O)C2)c1.O=C(O)C(F)(F)F. The van der Waals surface area contributed by atoms with E-state index in [4.69, 9.17) is 19.7 Å². The van der Waals surface area contributed by atoms with Gasteiger partial charge in [-0.3, -0.25) is 19.1 Å². The van der Waals surface area contributed by atoms with Gasteiger partial charge in [-0.25, -0.2) is 9.48 Å². The number of halogens is 3. The number of rotatable bonds is 5. The maximum absolute atomic E-state index is 12.8. The van der Waals surface area contributed by atoms with E-state index in [1.807, 2.05) is 29.6 Å². The van der Waals surface area contributed by atoms with E-state index in [0.29, 0.717) is 13.1 Å². The van der Waals surface area contributed by atoms with Gasteiger partial charge in [0, 0.05) is 29.9 Å². The number of carboxylic acid groups (broad SMARTS) is 1. The Morgan fingerprint density at radius 2 is 1.86 bits per heavy atom. The summed E-state index contributed by atoms with van der Waals surface area (Å²) < 4.78 is 40.0. The lowest BCUT2D eigenvalue weighted by Crippen LogP contribution is -2.45. The van der Waals surface area contributed by atoms with Crippen LogP contribution in [0.1, 0.15) is 29.1 Å². The number of carbonyl (C=O) groups is 1.